The summed E-state index contributed by atoms with van der Waals surface area (Å²) in [6.45, 7) is -0.860. The average molecular weight is 213 g/mol. The predicted octanol–water partition coefficient (Wildman–Crippen LogP) is -4.40. The number of aliphatic hydroxyl groups excluding tert-OH is 5. The van der Waals surface area contributed by atoms with Crippen LogP contribution in [-0.4, -0.2) is 55.9 Å². The maximum absolute atomic E-state index is 10.1. The number of rotatable bonds is 4. The smallest absolute Gasteiger partial charge is 0.246 e. The molecule has 0 aromatic heterocycles. The SMILES string of the molecule is [O-][P+]([O-])=C(O)[C@H](O)[C@H](O)[C@H](O)CO. The second kappa shape index (κ2) is 5.58. The second-order valence-corrected chi connectivity index (χ2v) is 3.27. The van der Waals surface area contributed by atoms with E-state index in [-0.39, 0.29) is 0 Å². The summed E-state index contributed by atoms with van der Waals surface area (Å²) < 4.78 is 0. The number of aliphatic hydroxyl groups is 5. The number of hydrogen-bond donors (Lipinski definition) is 5. The Hall–Kier alpha value is -0.110. The predicted molar refractivity (Wildman–Crippen MR) is 39.0 cm³/mol. The summed E-state index contributed by atoms with van der Waals surface area (Å²) in [5, 5.41) is 43.4. The Balaban J connectivity index is 4.42. The molecule has 0 aliphatic carbocycles. The zero-order chi connectivity index (χ0) is 10.6. The molecule has 0 aliphatic heterocycles. The molecule has 0 aliphatic rings. The van der Waals surface area contributed by atoms with Crippen molar-refractivity contribution in [3.05, 3.63) is 0 Å². The summed E-state index contributed by atoms with van der Waals surface area (Å²) >= 11 is 0. The molecule has 0 unspecified atom stereocenters. The van der Waals surface area contributed by atoms with Crippen LogP contribution in [0.15, 0.2) is 0 Å². The first-order valence-electron chi connectivity index (χ1n) is 3.27. The first-order valence-corrected chi connectivity index (χ1v) is 4.44. The highest BCUT2D eigenvalue weighted by Crippen LogP contribution is 2.08. The van der Waals surface area contributed by atoms with Crippen molar-refractivity contribution in [1.82, 2.24) is 0 Å². The van der Waals surface area contributed by atoms with E-state index in [1.54, 1.807) is 0 Å². The van der Waals surface area contributed by atoms with Crippen LogP contribution >= 0.6 is 8.00 Å². The van der Waals surface area contributed by atoms with Gasteiger partial charge in [0, 0.05) is 8.00 Å². The van der Waals surface area contributed by atoms with E-state index >= 15 is 0 Å². The van der Waals surface area contributed by atoms with Crippen LogP contribution in [0.2, 0.25) is 0 Å². The van der Waals surface area contributed by atoms with Crippen LogP contribution in [0.3, 0.4) is 0 Å². The molecule has 8 heteroatoms. The molecular formula is C5H10O7P-. The highest BCUT2D eigenvalue weighted by molar-refractivity contribution is 7.43. The number of hydrogen-bond acceptors (Lipinski definition) is 6. The van der Waals surface area contributed by atoms with Crippen molar-refractivity contribution < 1.29 is 35.3 Å². The minimum atomic E-state index is -3.39. The van der Waals surface area contributed by atoms with E-state index in [1.165, 1.54) is 0 Å². The highest BCUT2D eigenvalue weighted by Gasteiger charge is 2.29. The van der Waals surface area contributed by atoms with Crippen LogP contribution in [0, 0.1) is 0 Å². The zero-order valence-corrected chi connectivity index (χ0v) is 7.33. The molecule has 0 heterocycles. The fourth-order valence-corrected chi connectivity index (χ4v) is 0.948. The van der Waals surface area contributed by atoms with Crippen LogP contribution in [-0.2, 0) is 0 Å². The Labute approximate surface area is 74.7 Å². The third kappa shape index (κ3) is 3.63. The molecule has 0 amide bonds. The van der Waals surface area contributed by atoms with Crippen molar-refractivity contribution in [2.24, 2.45) is 0 Å². The highest BCUT2D eigenvalue weighted by atomic mass is 31.1. The van der Waals surface area contributed by atoms with E-state index in [9.17, 15) is 9.79 Å². The standard InChI is InChI=1S/C5H11O7P/c6-1-2(7)3(8)4(9)5(10)13(11)12/h2-4,6-10H,1H2,(H,11,12)/p-1/t2-,3-,4-/m1/s1. The Morgan fingerprint density at radius 3 is 2.00 bits per heavy atom. The molecule has 0 radical (unpaired) electrons. The van der Waals surface area contributed by atoms with Crippen LogP contribution in [0.5, 0.6) is 0 Å². The van der Waals surface area contributed by atoms with Crippen molar-refractivity contribution in [1.29, 1.82) is 0 Å². The summed E-state index contributed by atoms with van der Waals surface area (Å²) in [5.74, 6) is 0. The van der Waals surface area contributed by atoms with Gasteiger partial charge in [-0.1, -0.05) is 0 Å². The quantitative estimate of drug-likeness (QED) is 0.296. The maximum atomic E-state index is 10.1. The lowest BCUT2D eigenvalue weighted by Crippen LogP contribution is -2.44. The van der Waals surface area contributed by atoms with E-state index in [2.05, 4.69) is 0 Å². The second-order valence-electron chi connectivity index (χ2n) is 2.30. The minimum Gasteiger partial charge on any atom is -0.631 e. The monoisotopic (exact) mass is 213 g/mol. The molecule has 7 nitrogen and oxygen atoms in total. The van der Waals surface area contributed by atoms with Crippen LogP contribution in [0.25, 0.3) is 0 Å². The van der Waals surface area contributed by atoms with Gasteiger partial charge in [0.1, 0.15) is 12.2 Å². The molecule has 0 saturated heterocycles. The van der Waals surface area contributed by atoms with E-state index in [1.807, 2.05) is 0 Å². The summed E-state index contributed by atoms with van der Waals surface area (Å²) in [6.07, 6.45) is -5.78. The normalized spacial score (nSPS) is 17.8. The zero-order valence-electron chi connectivity index (χ0n) is 6.44. The van der Waals surface area contributed by atoms with Crippen LogP contribution in [0.1, 0.15) is 0 Å². The summed E-state index contributed by atoms with van der Waals surface area (Å²) in [4.78, 5) is 20.2. The third-order valence-electron chi connectivity index (χ3n) is 1.36. The Kier molecular flexibility index (Phi) is 5.54. The lowest BCUT2D eigenvalue weighted by atomic mass is 10.1. The molecule has 78 valence electrons. The Morgan fingerprint density at radius 2 is 1.69 bits per heavy atom. The van der Waals surface area contributed by atoms with Gasteiger partial charge in [-0.25, -0.2) is 0 Å². The molecule has 0 spiro atoms. The van der Waals surface area contributed by atoms with Crippen LogP contribution < -0.4 is 9.79 Å². The van der Waals surface area contributed by atoms with Crippen molar-refractivity contribution >= 4 is 13.5 Å². The molecule has 0 bridgehead atoms. The van der Waals surface area contributed by atoms with Gasteiger partial charge in [0.15, 0.2) is 6.10 Å². The Bertz CT molecular complexity index is 189. The average Bonchev–Trinajstić information content (AvgIpc) is 2.12. The van der Waals surface area contributed by atoms with Gasteiger partial charge in [-0.2, -0.15) is 0 Å². The fourth-order valence-electron chi connectivity index (χ4n) is 0.579. The van der Waals surface area contributed by atoms with Crippen molar-refractivity contribution in [2.75, 3.05) is 6.61 Å². The van der Waals surface area contributed by atoms with Crippen molar-refractivity contribution in [3.63, 3.8) is 0 Å². The molecular weight excluding hydrogens is 203 g/mol. The third-order valence-corrected chi connectivity index (χ3v) is 2.00. The molecule has 3 atom stereocenters. The van der Waals surface area contributed by atoms with E-state index in [4.69, 9.17) is 25.5 Å². The molecule has 0 aromatic rings. The minimum absolute atomic E-state index is 0.860. The van der Waals surface area contributed by atoms with Gasteiger partial charge in [0.25, 0.3) is 0 Å². The molecule has 0 saturated carbocycles. The molecule has 13 heavy (non-hydrogen) atoms. The van der Waals surface area contributed by atoms with E-state index in [0.717, 1.165) is 0 Å². The van der Waals surface area contributed by atoms with Gasteiger partial charge >= 0.3 is 0 Å². The van der Waals surface area contributed by atoms with Gasteiger partial charge in [0.2, 0.25) is 5.48 Å². The van der Waals surface area contributed by atoms with Crippen molar-refractivity contribution in [3.8, 4) is 0 Å². The molecule has 5 N–H and O–H groups in total. The summed E-state index contributed by atoms with van der Waals surface area (Å²) in [7, 11) is -3.39. The first kappa shape index (κ1) is 12.9. The molecule has 0 fully saturated rings. The maximum Gasteiger partial charge on any atom is 0.246 e. The summed E-state index contributed by atoms with van der Waals surface area (Å²) in [6, 6.07) is 0. The lowest BCUT2D eigenvalue weighted by molar-refractivity contribution is -0.282. The Morgan fingerprint density at radius 1 is 1.23 bits per heavy atom. The largest absolute Gasteiger partial charge is 0.631 e. The topological polar surface area (TPSA) is 147 Å². The first-order chi connectivity index (χ1) is 5.91. The van der Waals surface area contributed by atoms with Gasteiger partial charge in [-0.3, -0.25) is 0 Å². The van der Waals surface area contributed by atoms with E-state index < -0.39 is 38.4 Å². The van der Waals surface area contributed by atoms with Gasteiger partial charge < -0.3 is 35.3 Å². The summed E-state index contributed by atoms with van der Waals surface area (Å²) in [5.41, 5.74) is -1.35. The van der Waals surface area contributed by atoms with Crippen molar-refractivity contribution in [2.45, 2.75) is 18.3 Å². The van der Waals surface area contributed by atoms with Gasteiger partial charge in [-0.05, 0) is 0 Å². The molecule has 0 rings (SSSR count). The van der Waals surface area contributed by atoms with Crippen LogP contribution in [0.4, 0.5) is 0 Å². The van der Waals surface area contributed by atoms with Gasteiger partial charge in [-0.15, -0.1) is 0 Å². The van der Waals surface area contributed by atoms with Gasteiger partial charge in [0.05, 0.1) is 6.61 Å². The lowest BCUT2D eigenvalue weighted by Gasteiger charge is -2.20. The van der Waals surface area contributed by atoms with E-state index in [0.29, 0.717) is 0 Å². The molecule has 0 aromatic carbocycles. The fraction of sp³-hybridized carbons (Fsp3) is 0.800.